The Morgan fingerprint density at radius 1 is 0.750 bits per heavy atom. The van der Waals surface area contributed by atoms with E-state index in [0.717, 1.165) is 0 Å². The fraction of sp³-hybridized carbons (Fsp3) is 0. The number of nitrogens with zero attached hydrogens (tertiary/aromatic N) is 2. The van der Waals surface area contributed by atoms with Crippen LogP contribution in [0, 0.1) is 0 Å². The van der Waals surface area contributed by atoms with E-state index in [4.69, 9.17) is 0 Å². The minimum atomic E-state index is 0. The average molecular weight is 210 g/mol. The predicted molar refractivity (Wildman–Crippen MR) is 12.5 cm³/mol. The summed E-state index contributed by atoms with van der Waals surface area (Å²) in [6.07, 6.45) is 0. The number of rotatable bonds is 0. The molecule has 0 unspecified atom stereocenters. The van der Waals surface area contributed by atoms with Crippen LogP contribution in [-0.4, -0.2) is 23.9 Å². The molecule has 0 aliphatic carbocycles. The molecule has 0 bridgehead atoms. The van der Waals surface area contributed by atoms with Crippen LogP contribution in [0.25, 0.3) is 12.3 Å². The molecule has 0 fully saturated rings. The molecular formula is CuN2Sn. The van der Waals surface area contributed by atoms with Gasteiger partial charge in [-0.05, 0) is 0 Å². The van der Waals surface area contributed by atoms with Gasteiger partial charge in [0.05, 0.1) is 0 Å². The van der Waals surface area contributed by atoms with Gasteiger partial charge in [-0.25, -0.2) is 0 Å². The fourth-order valence-electron chi connectivity index (χ4n) is 0. The second-order valence-electron chi connectivity index (χ2n) is 0. The minimum Gasteiger partial charge on any atom is -3.00 e. The molecule has 0 rings (SSSR count). The summed E-state index contributed by atoms with van der Waals surface area (Å²) in [4.78, 5) is 0. The summed E-state index contributed by atoms with van der Waals surface area (Å²) in [5.74, 6) is 0. The third-order valence-electron chi connectivity index (χ3n) is 0. The first-order valence-electron chi connectivity index (χ1n) is 0. The third kappa shape index (κ3) is 10.6. The summed E-state index contributed by atoms with van der Waals surface area (Å²) in [5.41, 5.74) is 0. The maximum atomic E-state index is 0. The Bertz CT molecular complexity index is 6.00. The molecule has 0 heterocycles. The zero-order valence-electron chi connectivity index (χ0n) is 1.70. The molecule has 0 N–H and O–H groups in total. The smallest absolute Gasteiger partial charge is 3.00 e. The Morgan fingerprint density at radius 3 is 0.750 bits per heavy atom. The molecule has 0 aliphatic rings. The molecular weight excluding hydrogens is 210 g/mol. The molecule has 4 heteroatoms. The zero-order chi connectivity index (χ0) is 0. The van der Waals surface area contributed by atoms with Gasteiger partial charge in [-0.3, -0.25) is 0 Å². The Morgan fingerprint density at radius 2 is 0.750 bits per heavy atom. The molecule has 0 saturated carbocycles. The summed E-state index contributed by atoms with van der Waals surface area (Å²) >= 11 is 0. The SMILES string of the molecule is [Cu+2].[N-3].[N-3].[Sn+4]. The van der Waals surface area contributed by atoms with Crippen molar-refractivity contribution in [2.75, 3.05) is 0 Å². The van der Waals surface area contributed by atoms with Crippen molar-refractivity contribution in [3.63, 3.8) is 0 Å². The summed E-state index contributed by atoms with van der Waals surface area (Å²) in [5, 5.41) is 0. The molecule has 0 amide bonds. The van der Waals surface area contributed by atoms with Crippen molar-refractivity contribution < 1.29 is 17.1 Å². The summed E-state index contributed by atoms with van der Waals surface area (Å²) in [6.45, 7) is 0. The van der Waals surface area contributed by atoms with Crippen LogP contribution < -0.4 is 0 Å². The van der Waals surface area contributed by atoms with Gasteiger partial charge >= 0.3 is 41.0 Å². The van der Waals surface area contributed by atoms with Crippen LogP contribution >= 0.6 is 0 Å². The van der Waals surface area contributed by atoms with Crippen LogP contribution in [0.3, 0.4) is 0 Å². The van der Waals surface area contributed by atoms with E-state index in [1.54, 1.807) is 0 Å². The van der Waals surface area contributed by atoms with Gasteiger partial charge in [0.15, 0.2) is 0 Å². The summed E-state index contributed by atoms with van der Waals surface area (Å²) in [7, 11) is 0. The van der Waals surface area contributed by atoms with E-state index in [0.29, 0.717) is 0 Å². The Hall–Kier alpha value is 1.24. The number of hydrogen-bond donors (Lipinski definition) is 0. The molecule has 4 heavy (non-hydrogen) atoms. The maximum absolute atomic E-state index is 0. The van der Waals surface area contributed by atoms with E-state index >= 15 is 0 Å². The topological polar surface area (TPSA) is 61.0 Å². The van der Waals surface area contributed by atoms with Gasteiger partial charge in [0.2, 0.25) is 0 Å². The van der Waals surface area contributed by atoms with Crippen LogP contribution in [0.5, 0.6) is 0 Å². The largest absolute Gasteiger partial charge is 4.00 e. The van der Waals surface area contributed by atoms with Gasteiger partial charge in [-0.1, -0.05) is 0 Å². The number of hydrogen-bond acceptors (Lipinski definition) is 0. The van der Waals surface area contributed by atoms with Crippen LogP contribution in [0.15, 0.2) is 0 Å². The summed E-state index contributed by atoms with van der Waals surface area (Å²) < 4.78 is 0. The first-order chi connectivity index (χ1) is 0. The van der Waals surface area contributed by atoms with Crippen LogP contribution in [0.2, 0.25) is 0 Å². The van der Waals surface area contributed by atoms with E-state index in [9.17, 15) is 0 Å². The molecule has 1 radical (unpaired) electrons. The third-order valence-corrected chi connectivity index (χ3v) is 0. The van der Waals surface area contributed by atoms with Gasteiger partial charge in [-0.2, -0.15) is 0 Å². The van der Waals surface area contributed by atoms with E-state index in [2.05, 4.69) is 0 Å². The molecule has 0 aliphatic heterocycles. The molecule has 0 aromatic carbocycles. The molecule has 25 valence electrons. The van der Waals surface area contributed by atoms with Gasteiger partial charge < -0.3 is 12.3 Å². The van der Waals surface area contributed by atoms with Crippen molar-refractivity contribution >= 4 is 23.9 Å². The van der Waals surface area contributed by atoms with Gasteiger partial charge in [0.1, 0.15) is 0 Å². The normalized spacial score (nSPS) is 0. The van der Waals surface area contributed by atoms with Crippen molar-refractivity contribution in [2.45, 2.75) is 0 Å². The van der Waals surface area contributed by atoms with Gasteiger partial charge in [0, 0.05) is 0 Å². The first-order valence-corrected chi connectivity index (χ1v) is 0. The average Bonchev–Trinajstić information content (AvgIpc) is 0. The van der Waals surface area contributed by atoms with Crippen molar-refractivity contribution in [3.8, 4) is 0 Å². The fourth-order valence-corrected chi connectivity index (χ4v) is 0. The zero-order valence-corrected chi connectivity index (χ0v) is 5.49. The molecule has 0 aromatic heterocycles. The molecule has 0 aromatic rings. The van der Waals surface area contributed by atoms with Crippen molar-refractivity contribution in [1.29, 1.82) is 0 Å². The van der Waals surface area contributed by atoms with Crippen LogP contribution in [-0.2, 0) is 17.1 Å². The standard InChI is InChI=1S/Cu.2N.Sn/q+2;2*-3;+4. The summed E-state index contributed by atoms with van der Waals surface area (Å²) in [6, 6.07) is 0. The van der Waals surface area contributed by atoms with Crippen LogP contribution in [0.1, 0.15) is 0 Å². The van der Waals surface area contributed by atoms with Gasteiger partial charge in [-0.15, -0.1) is 0 Å². The Kier molecular flexibility index (Phi) is 445. The maximum Gasteiger partial charge on any atom is 4.00 e. The van der Waals surface area contributed by atoms with E-state index in [1.165, 1.54) is 0 Å². The van der Waals surface area contributed by atoms with Crippen molar-refractivity contribution in [1.82, 2.24) is 0 Å². The molecule has 0 atom stereocenters. The second-order valence-corrected chi connectivity index (χ2v) is 0. The molecule has 0 saturated heterocycles. The van der Waals surface area contributed by atoms with Gasteiger partial charge in [0.25, 0.3) is 0 Å². The Balaban J connectivity index is 0. The Labute approximate surface area is 53.3 Å². The van der Waals surface area contributed by atoms with E-state index in [-0.39, 0.29) is 53.3 Å². The predicted octanol–water partition coefficient (Wildman–Crippen LogP) is 0.194. The van der Waals surface area contributed by atoms with Crippen molar-refractivity contribution in [2.24, 2.45) is 0 Å². The van der Waals surface area contributed by atoms with Crippen molar-refractivity contribution in [3.05, 3.63) is 12.3 Å². The quantitative estimate of drug-likeness (QED) is 0.513. The molecule has 2 nitrogen and oxygen atoms in total. The monoisotopic (exact) mass is 211 g/mol. The molecule has 0 spiro atoms. The second kappa shape index (κ2) is 29.0. The van der Waals surface area contributed by atoms with E-state index in [1.807, 2.05) is 0 Å². The van der Waals surface area contributed by atoms with E-state index < -0.39 is 0 Å². The first kappa shape index (κ1) is 61.4. The van der Waals surface area contributed by atoms with Crippen LogP contribution in [0.4, 0.5) is 0 Å². The minimum absolute atomic E-state index is 0.